The standard InChI is InChI=1S/C19H28N4O2.ClH/c24-18(23-14-9-20-10-15-23)8-13-22-11-6-16(7-12-22)19(25)21-17-4-2-1-3-5-17;/h1-5,16,20H,6-15H2,(H,21,25);1H. The number of amides is 2. The number of hydrogen-bond donors (Lipinski definition) is 2. The molecule has 0 unspecified atom stereocenters. The highest BCUT2D eigenvalue weighted by Gasteiger charge is 2.25. The lowest BCUT2D eigenvalue weighted by atomic mass is 9.95. The molecule has 2 amide bonds. The van der Waals surface area contributed by atoms with E-state index in [9.17, 15) is 9.59 Å². The Morgan fingerprint density at radius 1 is 1.04 bits per heavy atom. The van der Waals surface area contributed by atoms with Crippen LogP contribution in [-0.2, 0) is 9.59 Å². The number of carbonyl (C=O) groups excluding carboxylic acids is 2. The SMILES string of the molecule is Cl.O=C(Nc1ccccc1)C1CCN(CCC(=O)N2CCNCC2)CC1. The molecule has 2 heterocycles. The minimum absolute atomic E-state index is 0. The lowest BCUT2D eigenvalue weighted by Gasteiger charge is -2.32. The molecule has 0 radical (unpaired) electrons. The highest BCUT2D eigenvalue weighted by molar-refractivity contribution is 5.92. The fourth-order valence-corrected chi connectivity index (χ4v) is 3.51. The molecular formula is C19H29ClN4O2. The summed E-state index contributed by atoms with van der Waals surface area (Å²) in [6.07, 6.45) is 2.31. The number of piperidine rings is 1. The van der Waals surface area contributed by atoms with Crippen molar-refractivity contribution in [2.75, 3.05) is 51.1 Å². The maximum atomic E-state index is 12.4. The minimum Gasteiger partial charge on any atom is -0.340 e. The van der Waals surface area contributed by atoms with Gasteiger partial charge in [0.05, 0.1) is 0 Å². The third kappa shape index (κ3) is 5.97. The van der Waals surface area contributed by atoms with Gasteiger partial charge in [0.1, 0.15) is 0 Å². The normalized spacial score (nSPS) is 18.8. The molecule has 7 heteroatoms. The monoisotopic (exact) mass is 380 g/mol. The number of nitrogens with zero attached hydrogens (tertiary/aromatic N) is 2. The number of hydrogen-bond acceptors (Lipinski definition) is 4. The number of para-hydroxylation sites is 1. The topological polar surface area (TPSA) is 64.7 Å². The summed E-state index contributed by atoms with van der Waals surface area (Å²) in [7, 11) is 0. The van der Waals surface area contributed by atoms with Crippen molar-refractivity contribution in [2.24, 2.45) is 5.92 Å². The zero-order valence-electron chi connectivity index (χ0n) is 15.2. The van der Waals surface area contributed by atoms with Crippen molar-refractivity contribution in [3.63, 3.8) is 0 Å². The van der Waals surface area contributed by atoms with Crippen molar-refractivity contribution in [1.82, 2.24) is 15.1 Å². The Kier molecular flexibility index (Phi) is 8.35. The summed E-state index contributed by atoms with van der Waals surface area (Å²) in [4.78, 5) is 28.8. The second-order valence-corrected chi connectivity index (χ2v) is 6.85. The molecule has 3 rings (SSSR count). The lowest BCUT2D eigenvalue weighted by Crippen LogP contribution is -2.47. The fourth-order valence-electron chi connectivity index (χ4n) is 3.51. The number of carbonyl (C=O) groups is 2. The number of piperazine rings is 1. The molecule has 26 heavy (non-hydrogen) atoms. The molecule has 144 valence electrons. The van der Waals surface area contributed by atoms with Crippen LogP contribution < -0.4 is 10.6 Å². The van der Waals surface area contributed by atoms with E-state index in [1.807, 2.05) is 35.2 Å². The first-order valence-corrected chi connectivity index (χ1v) is 9.29. The molecule has 2 fully saturated rings. The van der Waals surface area contributed by atoms with E-state index in [0.29, 0.717) is 6.42 Å². The maximum Gasteiger partial charge on any atom is 0.227 e. The van der Waals surface area contributed by atoms with Gasteiger partial charge in [0, 0.05) is 50.7 Å². The van der Waals surface area contributed by atoms with Gasteiger partial charge in [0.2, 0.25) is 11.8 Å². The minimum atomic E-state index is 0. The van der Waals surface area contributed by atoms with Gasteiger partial charge in [-0.1, -0.05) is 18.2 Å². The van der Waals surface area contributed by atoms with Crippen LogP contribution in [0, 0.1) is 5.92 Å². The van der Waals surface area contributed by atoms with Gasteiger partial charge >= 0.3 is 0 Å². The van der Waals surface area contributed by atoms with Crippen LogP contribution in [0.2, 0.25) is 0 Å². The van der Waals surface area contributed by atoms with E-state index in [2.05, 4.69) is 15.5 Å². The van der Waals surface area contributed by atoms with Gasteiger partial charge in [-0.3, -0.25) is 9.59 Å². The van der Waals surface area contributed by atoms with Crippen LogP contribution in [-0.4, -0.2) is 67.4 Å². The number of likely N-dealkylation sites (tertiary alicyclic amines) is 1. The zero-order valence-corrected chi connectivity index (χ0v) is 16.0. The highest BCUT2D eigenvalue weighted by Crippen LogP contribution is 2.19. The van der Waals surface area contributed by atoms with E-state index in [1.165, 1.54) is 0 Å². The van der Waals surface area contributed by atoms with E-state index in [4.69, 9.17) is 0 Å². The molecule has 0 atom stereocenters. The lowest BCUT2D eigenvalue weighted by molar-refractivity contribution is -0.132. The molecule has 0 spiro atoms. The van der Waals surface area contributed by atoms with Crippen molar-refractivity contribution >= 4 is 29.9 Å². The van der Waals surface area contributed by atoms with Gasteiger partial charge < -0.3 is 20.4 Å². The van der Waals surface area contributed by atoms with E-state index >= 15 is 0 Å². The van der Waals surface area contributed by atoms with Crippen molar-refractivity contribution in [3.05, 3.63) is 30.3 Å². The first kappa shape index (κ1) is 20.7. The quantitative estimate of drug-likeness (QED) is 0.814. The number of anilines is 1. The van der Waals surface area contributed by atoms with Gasteiger partial charge in [-0.25, -0.2) is 0 Å². The predicted molar refractivity (Wildman–Crippen MR) is 106 cm³/mol. The third-order valence-corrected chi connectivity index (χ3v) is 5.11. The summed E-state index contributed by atoms with van der Waals surface area (Å²) in [6, 6.07) is 9.61. The Hall–Kier alpha value is -1.63. The molecule has 1 aromatic rings. The first-order valence-electron chi connectivity index (χ1n) is 9.29. The zero-order chi connectivity index (χ0) is 17.5. The van der Waals surface area contributed by atoms with Crippen molar-refractivity contribution in [3.8, 4) is 0 Å². The molecule has 0 aromatic heterocycles. The molecule has 2 saturated heterocycles. The van der Waals surface area contributed by atoms with Crippen LogP contribution in [0.1, 0.15) is 19.3 Å². The van der Waals surface area contributed by atoms with Crippen molar-refractivity contribution < 1.29 is 9.59 Å². The molecular weight excluding hydrogens is 352 g/mol. The molecule has 2 aliphatic heterocycles. The Labute approximate surface area is 161 Å². The second kappa shape index (κ2) is 10.5. The average Bonchev–Trinajstić information content (AvgIpc) is 2.68. The Morgan fingerprint density at radius 2 is 1.69 bits per heavy atom. The summed E-state index contributed by atoms with van der Waals surface area (Å²) in [5.74, 6) is 0.438. The predicted octanol–water partition coefficient (Wildman–Crippen LogP) is 1.58. The van der Waals surface area contributed by atoms with E-state index in [1.54, 1.807) is 0 Å². The van der Waals surface area contributed by atoms with E-state index in [-0.39, 0.29) is 30.1 Å². The molecule has 2 N–H and O–H groups in total. The van der Waals surface area contributed by atoms with Crippen molar-refractivity contribution in [1.29, 1.82) is 0 Å². The Bertz CT molecular complexity index is 570. The summed E-state index contributed by atoms with van der Waals surface area (Å²) in [5.41, 5.74) is 0.858. The molecule has 2 aliphatic rings. The Balaban J connectivity index is 0.00000243. The van der Waals surface area contributed by atoms with Gasteiger partial charge in [-0.15, -0.1) is 12.4 Å². The van der Waals surface area contributed by atoms with Crippen molar-refractivity contribution in [2.45, 2.75) is 19.3 Å². The van der Waals surface area contributed by atoms with Crippen LogP contribution in [0.4, 0.5) is 5.69 Å². The summed E-state index contributed by atoms with van der Waals surface area (Å²) in [6.45, 7) is 6.02. The molecule has 0 aliphatic carbocycles. The number of rotatable bonds is 5. The van der Waals surface area contributed by atoms with Crippen LogP contribution in [0.15, 0.2) is 30.3 Å². The smallest absolute Gasteiger partial charge is 0.227 e. The second-order valence-electron chi connectivity index (χ2n) is 6.85. The van der Waals surface area contributed by atoms with Gasteiger partial charge in [0.15, 0.2) is 0 Å². The van der Waals surface area contributed by atoms with Crippen LogP contribution >= 0.6 is 12.4 Å². The van der Waals surface area contributed by atoms with E-state index < -0.39 is 0 Å². The fraction of sp³-hybridized carbons (Fsp3) is 0.579. The van der Waals surface area contributed by atoms with Crippen LogP contribution in [0.5, 0.6) is 0 Å². The summed E-state index contributed by atoms with van der Waals surface area (Å²) < 4.78 is 0. The molecule has 6 nitrogen and oxygen atoms in total. The first-order chi connectivity index (χ1) is 12.2. The number of halogens is 1. The molecule has 0 saturated carbocycles. The van der Waals surface area contributed by atoms with E-state index in [0.717, 1.165) is 64.3 Å². The largest absolute Gasteiger partial charge is 0.340 e. The highest BCUT2D eigenvalue weighted by atomic mass is 35.5. The van der Waals surface area contributed by atoms with Gasteiger partial charge in [-0.05, 0) is 38.1 Å². The average molecular weight is 381 g/mol. The molecule has 1 aromatic carbocycles. The van der Waals surface area contributed by atoms with Gasteiger partial charge in [0.25, 0.3) is 0 Å². The summed E-state index contributed by atoms with van der Waals surface area (Å²) in [5, 5.41) is 6.26. The van der Waals surface area contributed by atoms with Crippen LogP contribution in [0.25, 0.3) is 0 Å². The summed E-state index contributed by atoms with van der Waals surface area (Å²) >= 11 is 0. The third-order valence-electron chi connectivity index (χ3n) is 5.11. The van der Waals surface area contributed by atoms with Crippen LogP contribution in [0.3, 0.4) is 0 Å². The Morgan fingerprint density at radius 3 is 2.35 bits per heavy atom. The maximum absolute atomic E-state index is 12.4. The number of nitrogens with one attached hydrogen (secondary N) is 2. The van der Waals surface area contributed by atoms with Gasteiger partial charge in [-0.2, -0.15) is 0 Å². The number of benzene rings is 1. The molecule has 0 bridgehead atoms.